The van der Waals surface area contributed by atoms with E-state index in [9.17, 15) is 0 Å². The summed E-state index contributed by atoms with van der Waals surface area (Å²) in [6.45, 7) is 8.31. The summed E-state index contributed by atoms with van der Waals surface area (Å²) in [5.74, 6) is 1.30. The summed E-state index contributed by atoms with van der Waals surface area (Å²) in [6.07, 6.45) is 0. The summed E-state index contributed by atoms with van der Waals surface area (Å²) in [5, 5.41) is 0. The van der Waals surface area contributed by atoms with Crippen LogP contribution in [-0.4, -0.2) is 43.5 Å². The second-order valence-corrected chi connectivity index (χ2v) is 5.87. The number of ether oxygens (including phenoxy) is 3. The first-order valence-electron chi connectivity index (χ1n) is 6.18. The van der Waals surface area contributed by atoms with Crippen LogP contribution in [0.1, 0.15) is 26.6 Å². The average molecular weight is 333 g/mol. The third-order valence-corrected chi connectivity index (χ3v) is 2.66. The summed E-state index contributed by atoms with van der Waals surface area (Å²) < 4.78 is 16.5. The van der Waals surface area contributed by atoms with Crippen LogP contribution in [0.3, 0.4) is 0 Å². The van der Waals surface area contributed by atoms with Gasteiger partial charge in [0.05, 0.1) is 19.8 Å². The molecule has 5 nitrogen and oxygen atoms in total. The number of nitrogens with zero attached hydrogens (tertiary/aromatic N) is 2. The summed E-state index contributed by atoms with van der Waals surface area (Å²) in [5.41, 5.74) is -0.114. The zero-order valence-corrected chi connectivity index (χ0v) is 13.5. The molecule has 0 amide bonds. The van der Waals surface area contributed by atoms with Crippen molar-refractivity contribution in [2.45, 2.75) is 26.2 Å². The Hall–Kier alpha value is -0.720. The molecule has 0 bridgehead atoms. The van der Waals surface area contributed by atoms with E-state index in [1.165, 1.54) is 0 Å². The minimum absolute atomic E-state index is 0.114. The highest BCUT2D eigenvalue weighted by molar-refractivity contribution is 9.10. The van der Waals surface area contributed by atoms with Crippen LogP contribution < -0.4 is 4.74 Å². The van der Waals surface area contributed by atoms with Crippen molar-refractivity contribution in [1.82, 2.24) is 9.97 Å². The summed E-state index contributed by atoms with van der Waals surface area (Å²) >= 11 is 3.37. The Morgan fingerprint density at radius 3 is 2.42 bits per heavy atom. The average Bonchev–Trinajstić information content (AvgIpc) is 2.32. The normalized spacial score (nSPS) is 11.6. The van der Waals surface area contributed by atoms with Crippen LogP contribution in [-0.2, 0) is 14.9 Å². The van der Waals surface area contributed by atoms with Gasteiger partial charge in [0.15, 0.2) is 0 Å². The predicted octanol–water partition coefficient (Wildman–Crippen LogP) is 2.58. The quantitative estimate of drug-likeness (QED) is 0.567. The van der Waals surface area contributed by atoms with Crippen LogP contribution in [0.2, 0.25) is 0 Å². The molecule has 1 aromatic rings. The van der Waals surface area contributed by atoms with E-state index in [2.05, 4.69) is 46.7 Å². The van der Waals surface area contributed by atoms with Gasteiger partial charge in [-0.3, -0.25) is 0 Å². The van der Waals surface area contributed by atoms with Crippen molar-refractivity contribution >= 4 is 15.9 Å². The lowest BCUT2D eigenvalue weighted by Crippen LogP contribution is -2.17. The second-order valence-electron chi connectivity index (χ2n) is 5.06. The molecule has 0 spiro atoms. The van der Waals surface area contributed by atoms with Crippen molar-refractivity contribution in [3.63, 3.8) is 0 Å². The molecule has 0 aromatic carbocycles. The fraction of sp³-hybridized carbons (Fsp3) is 0.692. The third-order valence-electron chi connectivity index (χ3n) is 2.25. The second kappa shape index (κ2) is 7.77. The van der Waals surface area contributed by atoms with Crippen LogP contribution in [0.5, 0.6) is 5.88 Å². The number of rotatable bonds is 7. The lowest BCUT2D eigenvalue weighted by atomic mass is 9.96. The van der Waals surface area contributed by atoms with Crippen molar-refractivity contribution in [3.05, 3.63) is 16.5 Å². The van der Waals surface area contributed by atoms with E-state index in [1.807, 2.05) is 0 Å². The maximum absolute atomic E-state index is 5.56. The Balaban J connectivity index is 2.48. The van der Waals surface area contributed by atoms with Crippen molar-refractivity contribution < 1.29 is 14.2 Å². The number of hydrogen-bond donors (Lipinski definition) is 0. The van der Waals surface area contributed by atoms with Gasteiger partial charge >= 0.3 is 0 Å². The summed E-state index contributed by atoms with van der Waals surface area (Å²) in [7, 11) is 1.65. The Morgan fingerprint density at radius 1 is 1.11 bits per heavy atom. The van der Waals surface area contributed by atoms with Gasteiger partial charge in [-0.25, -0.2) is 4.98 Å². The summed E-state index contributed by atoms with van der Waals surface area (Å²) in [4.78, 5) is 8.75. The molecule has 0 fully saturated rings. The zero-order chi connectivity index (χ0) is 14.3. The molecule has 19 heavy (non-hydrogen) atoms. The minimum atomic E-state index is -0.114. The highest BCUT2D eigenvalue weighted by Gasteiger charge is 2.19. The number of hydrogen-bond acceptors (Lipinski definition) is 5. The van der Waals surface area contributed by atoms with E-state index in [1.54, 1.807) is 13.2 Å². The van der Waals surface area contributed by atoms with Crippen molar-refractivity contribution in [2.75, 3.05) is 33.5 Å². The highest BCUT2D eigenvalue weighted by atomic mass is 79.9. The highest BCUT2D eigenvalue weighted by Crippen LogP contribution is 2.23. The third kappa shape index (κ3) is 6.31. The molecular weight excluding hydrogens is 312 g/mol. The van der Waals surface area contributed by atoms with E-state index in [-0.39, 0.29) is 5.41 Å². The topological polar surface area (TPSA) is 53.5 Å². The van der Waals surface area contributed by atoms with E-state index in [0.29, 0.717) is 32.3 Å². The first-order valence-corrected chi connectivity index (χ1v) is 6.97. The Bertz CT molecular complexity index is 394. The maximum Gasteiger partial charge on any atom is 0.217 e. The van der Waals surface area contributed by atoms with Gasteiger partial charge < -0.3 is 14.2 Å². The van der Waals surface area contributed by atoms with Gasteiger partial charge in [0, 0.05) is 18.6 Å². The molecule has 0 aliphatic carbocycles. The molecule has 1 heterocycles. The zero-order valence-electron chi connectivity index (χ0n) is 11.9. The standard InChI is InChI=1S/C13H21BrN2O3/c1-13(2,3)12-15-10(14)9-11(16-12)19-8-7-18-6-5-17-4/h9H,5-8H2,1-4H3. The van der Waals surface area contributed by atoms with Crippen molar-refractivity contribution in [3.8, 4) is 5.88 Å². The van der Waals surface area contributed by atoms with Crippen LogP contribution in [0, 0.1) is 0 Å². The van der Waals surface area contributed by atoms with Crippen molar-refractivity contribution in [1.29, 1.82) is 0 Å². The number of halogens is 1. The van der Waals surface area contributed by atoms with E-state index < -0.39 is 0 Å². The van der Waals surface area contributed by atoms with Crippen LogP contribution >= 0.6 is 15.9 Å². The van der Waals surface area contributed by atoms with E-state index in [4.69, 9.17) is 14.2 Å². The van der Waals surface area contributed by atoms with Gasteiger partial charge in [0.1, 0.15) is 17.0 Å². The molecular formula is C13H21BrN2O3. The molecule has 0 aliphatic rings. The number of aromatic nitrogens is 2. The predicted molar refractivity (Wildman–Crippen MR) is 76.6 cm³/mol. The molecule has 0 N–H and O–H groups in total. The van der Waals surface area contributed by atoms with Gasteiger partial charge in [-0.15, -0.1) is 0 Å². The van der Waals surface area contributed by atoms with Crippen LogP contribution in [0.25, 0.3) is 0 Å². The lowest BCUT2D eigenvalue weighted by molar-refractivity contribution is 0.0535. The van der Waals surface area contributed by atoms with Gasteiger partial charge in [0.25, 0.3) is 0 Å². The molecule has 6 heteroatoms. The molecule has 0 saturated heterocycles. The fourth-order valence-corrected chi connectivity index (χ4v) is 1.62. The molecule has 1 rings (SSSR count). The molecule has 0 aliphatic heterocycles. The van der Waals surface area contributed by atoms with Crippen LogP contribution in [0.15, 0.2) is 10.7 Å². The maximum atomic E-state index is 5.56. The molecule has 1 aromatic heterocycles. The summed E-state index contributed by atoms with van der Waals surface area (Å²) in [6, 6.07) is 1.75. The first kappa shape index (κ1) is 16.3. The Morgan fingerprint density at radius 2 is 1.79 bits per heavy atom. The number of methoxy groups -OCH3 is 1. The molecule has 0 atom stereocenters. The van der Waals surface area contributed by atoms with Gasteiger partial charge in [0.2, 0.25) is 5.88 Å². The van der Waals surface area contributed by atoms with Gasteiger partial charge in [-0.05, 0) is 15.9 Å². The smallest absolute Gasteiger partial charge is 0.217 e. The minimum Gasteiger partial charge on any atom is -0.475 e. The van der Waals surface area contributed by atoms with E-state index >= 15 is 0 Å². The first-order chi connectivity index (χ1) is 8.93. The SMILES string of the molecule is COCCOCCOc1cc(Br)nc(C(C)(C)C)n1. The molecule has 0 radical (unpaired) electrons. The Kier molecular flexibility index (Phi) is 6.68. The Labute approximate surface area is 122 Å². The molecule has 0 unspecified atom stereocenters. The van der Waals surface area contributed by atoms with E-state index in [0.717, 1.165) is 10.4 Å². The van der Waals surface area contributed by atoms with Gasteiger partial charge in [-0.2, -0.15) is 4.98 Å². The van der Waals surface area contributed by atoms with Crippen molar-refractivity contribution in [2.24, 2.45) is 0 Å². The molecule has 0 saturated carbocycles. The largest absolute Gasteiger partial charge is 0.475 e. The van der Waals surface area contributed by atoms with Gasteiger partial charge in [-0.1, -0.05) is 20.8 Å². The monoisotopic (exact) mass is 332 g/mol. The van der Waals surface area contributed by atoms with Crippen LogP contribution in [0.4, 0.5) is 0 Å². The molecule has 108 valence electrons. The fourth-order valence-electron chi connectivity index (χ4n) is 1.26. The lowest BCUT2D eigenvalue weighted by Gasteiger charge is -2.17.